The van der Waals surface area contributed by atoms with Gasteiger partial charge >= 0.3 is 0 Å². The zero-order valence-corrected chi connectivity index (χ0v) is 11.1. The molecule has 1 aliphatic heterocycles. The molecular formula is C14H18N4O. The van der Waals surface area contributed by atoms with Gasteiger partial charge in [-0.3, -0.25) is 0 Å². The summed E-state index contributed by atoms with van der Waals surface area (Å²) in [6, 6.07) is 6.21. The monoisotopic (exact) mass is 258 g/mol. The van der Waals surface area contributed by atoms with Gasteiger partial charge in [-0.25, -0.2) is 9.67 Å². The summed E-state index contributed by atoms with van der Waals surface area (Å²) in [4.78, 5) is 4.22. The highest BCUT2D eigenvalue weighted by Crippen LogP contribution is 2.32. The Labute approximate surface area is 112 Å². The Morgan fingerprint density at radius 2 is 2.37 bits per heavy atom. The summed E-state index contributed by atoms with van der Waals surface area (Å²) in [6.45, 7) is 4.32. The number of rotatable bonds is 4. The molecular weight excluding hydrogens is 240 g/mol. The highest BCUT2D eigenvalue weighted by Gasteiger charge is 2.14. The molecule has 19 heavy (non-hydrogen) atoms. The molecule has 0 aliphatic carbocycles. The zero-order valence-electron chi connectivity index (χ0n) is 11.1. The number of hydrogen-bond donors (Lipinski definition) is 1. The first-order chi connectivity index (χ1) is 9.38. The van der Waals surface area contributed by atoms with Gasteiger partial charge in [-0.2, -0.15) is 5.10 Å². The number of benzene rings is 1. The third kappa shape index (κ3) is 2.41. The second-order valence-corrected chi connectivity index (χ2v) is 4.60. The fraction of sp³-hybridized carbons (Fsp3) is 0.429. The summed E-state index contributed by atoms with van der Waals surface area (Å²) in [6.07, 6.45) is 3.87. The number of fused-ring (bicyclic) bond motifs is 1. The number of ether oxygens (including phenoxy) is 1. The second kappa shape index (κ2) is 5.30. The zero-order chi connectivity index (χ0) is 13.1. The molecule has 0 fully saturated rings. The van der Waals surface area contributed by atoms with Crippen molar-refractivity contribution in [2.45, 2.75) is 32.9 Å². The van der Waals surface area contributed by atoms with Crippen molar-refractivity contribution in [2.75, 3.05) is 11.9 Å². The lowest BCUT2D eigenvalue weighted by Gasteiger charge is -2.21. The Hall–Kier alpha value is -2.04. The van der Waals surface area contributed by atoms with E-state index in [-0.39, 0.29) is 0 Å². The first-order valence-electron chi connectivity index (χ1n) is 6.73. The second-order valence-electron chi connectivity index (χ2n) is 4.60. The summed E-state index contributed by atoms with van der Waals surface area (Å²) in [5.74, 6) is 1.76. The summed E-state index contributed by atoms with van der Waals surface area (Å²) in [7, 11) is 0. The molecule has 2 heterocycles. The minimum atomic E-state index is 0.450. The predicted molar refractivity (Wildman–Crippen MR) is 73.3 cm³/mol. The third-order valence-corrected chi connectivity index (χ3v) is 3.39. The van der Waals surface area contributed by atoms with Crippen molar-refractivity contribution in [3.63, 3.8) is 0 Å². The van der Waals surface area contributed by atoms with Crippen molar-refractivity contribution in [1.82, 2.24) is 14.8 Å². The molecule has 5 nitrogen and oxygen atoms in total. The van der Waals surface area contributed by atoms with Crippen LogP contribution in [0.5, 0.6) is 5.75 Å². The van der Waals surface area contributed by atoms with Crippen molar-refractivity contribution in [3.05, 3.63) is 35.9 Å². The molecule has 0 amide bonds. The van der Waals surface area contributed by atoms with Crippen LogP contribution < -0.4 is 10.1 Å². The smallest absolute Gasteiger partial charge is 0.164 e. The Morgan fingerprint density at radius 1 is 1.42 bits per heavy atom. The number of hydrogen-bond acceptors (Lipinski definition) is 4. The molecule has 2 aromatic rings. The van der Waals surface area contributed by atoms with Gasteiger partial charge in [-0.1, -0.05) is 12.1 Å². The molecule has 0 radical (unpaired) electrons. The molecule has 0 spiro atoms. The van der Waals surface area contributed by atoms with E-state index in [9.17, 15) is 0 Å². The molecule has 0 bridgehead atoms. The van der Waals surface area contributed by atoms with Crippen molar-refractivity contribution >= 4 is 5.69 Å². The van der Waals surface area contributed by atoms with Gasteiger partial charge in [0, 0.05) is 13.1 Å². The normalized spacial score (nSPS) is 13.7. The van der Waals surface area contributed by atoms with E-state index in [1.807, 2.05) is 23.7 Å². The maximum Gasteiger partial charge on any atom is 0.164 e. The van der Waals surface area contributed by atoms with E-state index in [0.29, 0.717) is 6.61 Å². The Kier molecular flexibility index (Phi) is 3.35. The lowest BCUT2D eigenvalue weighted by Crippen LogP contribution is -2.14. The Bertz CT molecular complexity index is 564. The number of nitrogens with one attached hydrogen (secondary N) is 1. The summed E-state index contributed by atoms with van der Waals surface area (Å²) < 4.78 is 7.76. The van der Waals surface area contributed by atoms with E-state index in [0.717, 1.165) is 36.8 Å². The molecule has 1 N–H and O–H groups in total. The number of aryl methyl sites for hydroxylation is 2. The minimum absolute atomic E-state index is 0.450. The summed E-state index contributed by atoms with van der Waals surface area (Å²) in [5.41, 5.74) is 2.47. The molecule has 5 heteroatoms. The van der Waals surface area contributed by atoms with Gasteiger partial charge in [0.15, 0.2) is 5.82 Å². The van der Waals surface area contributed by atoms with Crippen LogP contribution in [0, 0.1) is 0 Å². The quantitative estimate of drug-likeness (QED) is 0.913. The highest BCUT2D eigenvalue weighted by molar-refractivity contribution is 5.63. The van der Waals surface area contributed by atoms with Crippen molar-refractivity contribution in [1.29, 1.82) is 0 Å². The molecule has 1 aromatic heterocycles. The summed E-state index contributed by atoms with van der Waals surface area (Å²) >= 11 is 0. The first kappa shape index (κ1) is 12.0. The van der Waals surface area contributed by atoms with E-state index in [1.54, 1.807) is 6.33 Å². The SMILES string of the molecule is CCn1ncnc1COc1cccc2c1NCCC2. The van der Waals surface area contributed by atoms with Crippen molar-refractivity contribution in [2.24, 2.45) is 0 Å². The van der Waals surface area contributed by atoms with Gasteiger partial charge in [0.1, 0.15) is 18.7 Å². The Morgan fingerprint density at radius 3 is 3.26 bits per heavy atom. The van der Waals surface area contributed by atoms with Gasteiger partial charge in [0.25, 0.3) is 0 Å². The predicted octanol–water partition coefficient (Wildman–Crippen LogP) is 2.24. The number of nitrogens with zero attached hydrogens (tertiary/aromatic N) is 3. The van der Waals surface area contributed by atoms with E-state index in [2.05, 4.69) is 21.5 Å². The van der Waals surface area contributed by atoms with Gasteiger partial charge in [0.2, 0.25) is 0 Å². The summed E-state index contributed by atoms with van der Waals surface area (Å²) in [5, 5.41) is 7.57. The van der Waals surface area contributed by atoms with Crippen molar-refractivity contribution < 1.29 is 4.74 Å². The molecule has 100 valence electrons. The highest BCUT2D eigenvalue weighted by atomic mass is 16.5. The largest absolute Gasteiger partial charge is 0.483 e. The van der Waals surface area contributed by atoms with Gasteiger partial charge in [-0.05, 0) is 31.4 Å². The van der Waals surface area contributed by atoms with E-state index < -0.39 is 0 Å². The van der Waals surface area contributed by atoms with E-state index >= 15 is 0 Å². The first-order valence-corrected chi connectivity index (χ1v) is 6.73. The third-order valence-electron chi connectivity index (χ3n) is 3.39. The van der Waals surface area contributed by atoms with Crippen LogP contribution in [0.3, 0.4) is 0 Å². The lowest BCUT2D eigenvalue weighted by molar-refractivity contribution is 0.288. The van der Waals surface area contributed by atoms with Crippen LogP contribution in [0.1, 0.15) is 24.7 Å². The molecule has 0 atom stereocenters. The van der Waals surface area contributed by atoms with Crippen LogP contribution in [-0.2, 0) is 19.6 Å². The van der Waals surface area contributed by atoms with Crippen LogP contribution in [0.15, 0.2) is 24.5 Å². The van der Waals surface area contributed by atoms with E-state index in [4.69, 9.17) is 4.74 Å². The maximum absolute atomic E-state index is 5.91. The minimum Gasteiger partial charge on any atom is -0.483 e. The molecule has 1 aliphatic rings. The van der Waals surface area contributed by atoms with E-state index in [1.165, 1.54) is 12.0 Å². The average molecular weight is 258 g/mol. The van der Waals surface area contributed by atoms with Crippen LogP contribution in [0.2, 0.25) is 0 Å². The fourth-order valence-corrected chi connectivity index (χ4v) is 2.40. The Balaban J connectivity index is 1.77. The average Bonchev–Trinajstić information content (AvgIpc) is 2.92. The lowest BCUT2D eigenvalue weighted by atomic mass is 10.0. The molecule has 3 rings (SSSR count). The van der Waals surface area contributed by atoms with Gasteiger partial charge in [0.05, 0.1) is 5.69 Å². The maximum atomic E-state index is 5.91. The number of anilines is 1. The molecule has 0 saturated heterocycles. The van der Waals surface area contributed by atoms with Crippen LogP contribution in [-0.4, -0.2) is 21.3 Å². The van der Waals surface area contributed by atoms with Crippen LogP contribution >= 0.6 is 0 Å². The van der Waals surface area contributed by atoms with Crippen molar-refractivity contribution in [3.8, 4) is 5.75 Å². The number of aromatic nitrogens is 3. The molecule has 1 aromatic carbocycles. The van der Waals surface area contributed by atoms with Gasteiger partial charge < -0.3 is 10.1 Å². The molecule has 0 unspecified atom stereocenters. The topological polar surface area (TPSA) is 52.0 Å². The van der Waals surface area contributed by atoms with Crippen LogP contribution in [0.4, 0.5) is 5.69 Å². The standard InChI is InChI=1S/C14H18N4O/c1-2-18-13(16-10-17-18)9-19-12-7-3-5-11-6-4-8-15-14(11)12/h3,5,7,10,15H,2,4,6,8-9H2,1H3. The van der Waals surface area contributed by atoms with Gasteiger partial charge in [-0.15, -0.1) is 0 Å². The van der Waals surface area contributed by atoms with Crippen LogP contribution in [0.25, 0.3) is 0 Å². The number of para-hydroxylation sites is 1. The fourth-order valence-electron chi connectivity index (χ4n) is 2.40. The molecule has 0 saturated carbocycles.